The molecule has 0 fully saturated rings. The summed E-state index contributed by atoms with van der Waals surface area (Å²) in [5.74, 6) is 1.45. The van der Waals surface area contributed by atoms with Gasteiger partial charge in [-0.1, -0.05) is 25.1 Å². The molecule has 1 aromatic carbocycles. The highest BCUT2D eigenvalue weighted by Gasteiger charge is 2.16. The summed E-state index contributed by atoms with van der Waals surface area (Å²) >= 11 is 3.25. The van der Waals surface area contributed by atoms with Crippen LogP contribution in [-0.2, 0) is 0 Å². The highest BCUT2D eigenvalue weighted by molar-refractivity contribution is 7.98. The molecule has 0 aliphatic heterocycles. The van der Waals surface area contributed by atoms with Crippen LogP contribution in [-0.4, -0.2) is 24.5 Å². The molecule has 2 aromatic rings. The zero-order valence-electron chi connectivity index (χ0n) is 11.1. The Morgan fingerprint density at radius 3 is 2.89 bits per heavy atom. The number of fused-ring (bicyclic) bond motifs is 1. The molecule has 0 saturated heterocycles. The Balaban J connectivity index is 2.11. The van der Waals surface area contributed by atoms with E-state index in [0.29, 0.717) is 23.0 Å². The lowest BCUT2D eigenvalue weighted by atomic mass is 10.2. The number of thiophene rings is 1. The van der Waals surface area contributed by atoms with E-state index in [1.165, 1.54) is 11.3 Å². The molecule has 102 valence electrons. The number of amides is 1. The number of hydrogen-bond donors (Lipinski definition) is 2. The van der Waals surface area contributed by atoms with E-state index in [4.69, 9.17) is 5.73 Å². The van der Waals surface area contributed by atoms with Crippen molar-refractivity contribution in [1.82, 2.24) is 5.32 Å². The molecule has 0 radical (unpaired) electrons. The van der Waals surface area contributed by atoms with Crippen LogP contribution in [0.15, 0.2) is 24.3 Å². The topological polar surface area (TPSA) is 55.1 Å². The largest absolute Gasteiger partial charge is 0.397 e. The first-order valence-corrected chi connectivity index (χ1v) is 8.38. The predicted molar refractivity (Wildman–Crippen MR) is 86.1 cm³/mol. The molecule has 1 heterocycles. The minimum absolute atomic E-state index is 0.0633. The second kappa shape index (κ2) is 6.30. The minimum Gasteiger partial charge on any atom is -0.397 e. The molecule has 3 N–H and O–H groups in total. The first kappa shape index (κ1) is 14.2. The fourth-order valence-electron chi connectivity index (χ4n) is 1.92. The first-order chi connectivity index (χ1) is 9.13. The molecule has 19 heavy (non-hydrogen) atoms. The van der Waals surface area contributed by atoms with Crippen molar-refractivity contribution < 1.29 is 4.79 Å². The van der Waals surface area contributed by atoms with Gasteiger partial charge in [-0.15, -0.1) is 11.3 Å². The van der Waals surface area contributed by atoms with E-state index in [9.17, 15) is 4.79 Å². The summed E-state index contributed by atoms with van der Waals surface area (Å²) < 4.78 is 1.06. The van der Waals surface area contributed by atoms with Gasteiger partial charge in [0.1, 0.15) is 4.88 Å². The van der Waals surface area contributed by atoms with Gasteiger partial charge in [0.25, 0.3) is 5.91 Å². The predicted octanol–water partition coefficient (Wildman–Crippen LogP) is 3.21. The van der Waals surface area contributed by atoms with Crippen molar-refractivity contribution in [2.75, 3.05) is 24.3 Å². The standard InChI is InChI=1S/C14H18N2OS2/c1-9(8-18-2)7-16-14(17)13-12(15)10-5-3-4-6-11(10)19-13/h3-6,9H,7-8,15H2,1-2H3,(H,16,17). The second-order valence-electron chi connectivity index (χ2n) is 4.61. The third-order valence-corrected chi connectivity index (χ3v) is 4.99. The normalized spacial score (nSPS) is 12.5. The molecule has 3 nitrogen and oxygen atoms in total. The Hall–Kier alpha value is -1.20. The van der Waals surface area contributed by atoms with E-state index in [-0.39, 0.29) is 5.91 Å². The molecule has 2 rings (SSSR count). The number of nitrogens with one attached hydrogen (secondary N) is 1. The van der Waals surface area contributed by atoms with Crippen molar-refractivity contribution in [3.8, 4) is 0 Å². The van der Waals surface area contributed by atoms with Crippen molar-refractivity contribution in [1.29, 1.82) is 0 Å². The van der Waals surface area contributed by atoms with Crippen LogP contribution >= 0.6 is 23.1 Å². The first-order valence-electron chi connectivity index (χ1n) is 6.17. The van der Waals surface area contributed by atoms with E-state index in [1.807, 2.05) is 24.3 Å². The fraction of sp³-hybridized carbons (Fsp3) is 0.357. The summed E-state index contributed by atoms with van der Waals surface area (Å²) in [6.07, 6.45) is 2.07. The van der Waals surface area contributed by atoms with Crippen LogP contribution < -0.4 is 11.1 Å². The lowest BCUT2D eigenvalue weighted by Gasteiger charge is -2.10. The number of benzene rings is 1. The van der Waals surface area contributed by atoms with Gasteiger partial charge < -0.3 is 11.1 Å². The van der Waals surface area contributed by atoms with E-state index in [1.54, 1.807) is 11.8 Å². The van der Waals surface area contributed by atoms with Gasteiger partial charge in [0.15, 0.2) is 0 Å². The maximum atomic E-state index is 12.2. The quantitative estimate of drug-likeness (QED) is 0.890. The molecule has 0 spiro atoms. The summed E-state index contributed by atoms with van der Waals surface area (Å²) in [4.78, 5) is 12.8. The summed E-state index contributed by atoms with van der Waals surface area (Å²) in [7, 11) is 0. The smallest absolute Gasteiger partial charge is 0.263 e. The highest BCUT2D eigenvalue weighted by atomic mass is 32.2. The van der Waals surface area contributed by atoms with Gasteiger partial charge in [0, 0.05) is 16.6 Å². The maximum Gasteiger partial charge on any atom is 0.263 e. The van der Waals surface area contributed by atoms with Crippen LogP contribution in [0.1, 0.15) is 16.6 Å². The molecule has 5 heteroatoms. The van der Waals surface area contributed by atoms with Gasteiger partial charge in [0.05, 0.1) is 5.69 Å². The van der Waals surface area contributed by atoms with Crippen LogP contribution in [0.4, 0.5) is 5.69 Å². The van der Waals surface area contributed by atoms with Crippen molar-refractivity contribution in [2.45, 2.75) is 6.92 Å². The van der Waals surface area contributed by atoms with Crippen molar-refractivity contribution >= 4 is 44.8 Å². The van der Waals surface area contributed by atoms with E-state index in [0.717, 1.165) is 15.8 Å². The van der Waals surface area contributed by atoms with Crippen molar-refractivity contribution in [3.05, 3.63) is 29.1 Å². The Morgan fingerprint density at radius 1 is 1.47 bits per heavy atom. The molecule has 0 saturated carbocycles. The number of carbonyl (C=O) groups excluding carboxylic acids is 1. The van der Waals surface area contributed by atoms with Gasteiger partial charge in [-0.2, -0.15) is 11.8 Å². The maximum absolute atomic E-state index is 12.2. The van der Waals surface area contributed by atoms with Crippen molar-refractivity contribution in [2.24, 2.45) is 5.92 Å². The average Bonchev–Trinajstić information content (AvgIpc) is 2.74. The molecule has 1 atom stereocenters. The van der Waals surface area contributed by atoms with E-state index in [2.05, 4.69) is 18.5 Å². The van der Waals surface area contributed by atoms with Crippen LogP contribution in [0.25, 0.3) is 10.1 Å². The monoisotopic (exact) mass is 294 g/mol. The van der Waals surface area contributed by atoms with Crippen LogP contribution in [0.5, 0.6) is 0 Å². The third kappa shape index (κ3) is 3.22. The van der Waals surface area contributed by atoms with Gasteiger partial charge in [-0.25, -0.2) is 0 Å². The number of thioether (sulfide) groups is 1. The molecular formula is C14H18N2OS2. The summed E-state index contributed by atoms with van der Waals surface area (Å²) in [6, 6.07) is 7.84. The zero-order valence-corrected chi connectivity index (χ0v) is 12.7. The highest BCUT2D eigenvalue weighted by Crippen LogP contribution is 2.33. The molecular weight excluding hydrogens is 276 g/mol. The molecule has 0 aliphatic carbocycles. The Morgan fingerprint density at radius 2 is 2.21 bits per heavy atom. The van der Waals surface area contributed by atoms with Crippen molar-refractivity contribution in [3.63, 3.8) is 0 Å². The number of nitrogens with two attached hydrogens (primary N) is 1. The Kier molecular flexibility index (Phi) is 4.71. The minimum atomic E-state index is -0.0633. The second-order valence-corrected chi connectivity index (χ2v) is 6.57. The number of rotatable bonds is 5. The SMILES string of the molecule is CSCC(C)CNC(=O)c1sc2ccccc2c1N. The number of anilines is 1. The third-order valence-electron chi connectivity index (χ3n) is 2.90. The van der Waals surface area contributed by atoms with Crippen LogP contribution in [0.3, 0.4) is 0 Å². The number of carbonyl (C=O) groups is 1. The molecule has 1 aromatic heterocycles. The van der Waals surface area contributed by atoms with Gasteiger partial charge >= 0.3 is 0 Å². The van der Waals surface area contributed by atoms with Gasteiger partial charge in [-0.05, 0) is 24.0 Å². The van der Waals surface area contributed by atoms with Crippen LogP contribution in [0, 0.1) is 5.92 Å². The van der Waals surface area contributed by atoms with E-state index >= 15 is 0 Å². The number of hydrogen-bond acceptors (Lipinski definition) is 4. The lowest BCUT2D eigenvalue weighted by molar-refractivity contribution is 0.0954. The lowest BCUT2D eigenvalue weighted by Crippen LogP contribution is -2.28. The summed E-state index contributed by atoms with van der Waals surface area (Å²) in [6.45, 7) is 2.82. The Labute approximate surface area is 121 Å². The molecule has 1 unspecified atom stereocenters. The fourth-order valence-corrected chi connectivity index (χ4v) is 3.65. The average molecular weight is 294 g/mol. The molecule has 1 amide bonds. The van der Waals surface area contributed by atoms with E-state index < -0.39 is 0 Å². The van der Waals surface area contributed by atoms with Gasteiger partial charge in [-0.3, -0.25) is 4.79 Å². The van der Waals surface area contributed by atoms with Crippen LogP contribution in [0.2, 0.25) is 0 Å². The molecule has 0 bridgehead atoms. The van der Waals surface area contributed by atoms with Gasteiger partial charge in [0.2, 0.25) is 0 Å². The number of nitrogen functional groups attached to an aromatic ring is 1. The summed E-state index contributed by atoms with van der Waals surface area (Å²) in [5, 5.41) is 3.93. The molecule has 0 aliphatic rings. The Bertz CT molecular complexity index is 580. The summed E-state index contributed by atoms with van der Waals surface area (Å²) in [5.41, 5.74) is 6.64. The zero-order chi connectivity index (χ0) is 13.8.